The monoisotopic (exact) mass is 222 g/mol. The Balaban J connectivity index is 1.97. The van der Waals surface area contributed by atoms with Gasteiger partial charge in [-0.25, -0.2) is 0 Å². The van der Waals surface area contributed by atoms with Crippen LogP contribution in [0.1, 0.15) is 5.56 Å². The zero-order valence-electron chi connectivity index (χ0n) is 8.69. The molecule has 0 aromatic heterocycles. The Hall–Kier alpha value is -1.16. The molecule has 3 nitrogen and oxygen atoms in total. The van der Waals surface area contributed by atoms with Crippen molar-refractivity contribution in [3.63, 3.8) is 0 Å². The lowest BCUT2D eigenvalue weighted by Gasteiger charge is -2.07. The van der Waals surface area contributed by atoms with E-state index in [1.807, 2.05) is 18.2 Å². The number of para-hydroxylation sites is 1. The van der Waals surface area contributed by atoms with Crippen molar-refractivity contribution in [3.05, 3.63) is 29.8 Å². The quantitative estimate of drug-likeness (QED) is 0.848. The molecule has 1 heterocycles. The Labute approximate surface area is 93.9 Å². The lowest BCUT2D eigenvalue weighted by atomic mass is 10.2. The van der Waals surface area contributed by atoms with E-state index in [-0.39, 0.29) is 0 Å². The fourth-order valence-corrected chi connectivity index (χ4v) is 2.36. The van der Waals surface area contributed by atoms with Gasteiger partial charge in [-0.05, 0) is 6.07 Å². The van der Waals surface area contributed by atoms with Crippen LogP contribution in [-0.2, 0) is 5.75 Å². The third-order valence-electron chi connectivity index (χ3n) is 2.20. The zero-order chi connectivity index (χ0) is 10.5. The number of methoxy groups -OCH3 is 1. The third kappa shape index (κ3) is 2.65. The summed E-state index contributed by atoms with van der Waals surface area (Å²) in [6.45, 7) is 1.86. The smallest absolute Gasteiger partial charge is 0.157 e. The SMILES string of the molecule is COc1ccccc1CSC1=NCCN1. The maximum absolute atomic E-state index is 5.29. The Kier molecular flexibility index (Phi) is 3.50. The number of ether oxygens (including phenoxy) is 1. The normalized spacial score (nSPS) is 14.6. The summed E-state index contributed by atoms with van der Waals surface area (Å²) in [4.78, 5) is 4.33. The van der Waals surface area contributed by atoms with E-state index in [2.05, 4.69) is 16.4 Å². The fraction of sp³-hybridized carbons (Fsp3) is 0.364. The number of rotatable bonds is 3. The molecule has 4 heteroatoms. The number of amidine groups is 1. The molecule has 0 saturated heterocycles. The summed E-state index contributed by atoms with van der Waals surface area (Å²) in [6.07, 6.45) is 0. The molecule has 1 aliphatic rings. The van der Waals surface area contributed by atoms with Crippen LogP contribution < -0.4 is 10.1 Å². The highest BCUT2D eigenvalue weighted by Gasteiger charge is 2.07. The standard InChI is InChI=1S/C11H14N2OS/c1-14-10-5-3-2-4-9(10)8-15-11-12-6-7-13-11/h2-5H,6-8H2,1H3,(H,12,13). The van der Waals surface area contributed by atoms with E-state index in [4.69, 9.17) is 4.74 Å². The molecule has 0 fully saturated rings. The largest absolute Gasteiger partial charge is 0.496 e. The Morgan fingerprint density at radius 1 is 1.47 bits per heavy atom. The molecule has 0 atom stereocenters. The fourth-order valence-electron chi connectivity index (χ4n) is 1.44. The van der Waals surface area contributed by atoms with E-state index in [0.717, 1.165) is 29.8 Å². The van der Waals surface area contributed by atoms with Crippen molar-refractivity contribution in [2.24, 2.45) is 4.99 Å². The number of hydrogen-bond donors (Lipinski definition) is 1. The van der Waals surface area contributed by atoms with Crippen molar-refractivity contribution in [3.8, 4) is 5.75 Å². The second-order valence-electron chi connectivity index (χ2n) is 3.21. The zero-order valence-corrected chi connectivity index (χ0v) is 9.51. The van der Waals surface area contributed by atoms with Crippen LogP contribution in [0.4, 0.5) is 0 Å². The summed E-state index contributed by atoms with van der Waals surface area (Å²) in [5.74, 6) is 1.85. The highest BCUT2D eigenvalue weighted by Crippen LogP contribution is 2.23. The van der Waals surface area contributed by atoms with Gasteiger partial charge in [0.15, 0.2) is 5.17 Å². The summed E-state index contributed by atoms with van der Waals surface area (Å²) < 4.78 is 5.29. The molecule has 0 aliphatic carbocycles. The first-order valence-corrected chi connectivity index (χ1v) is 5.92. The predicted molar refractivity (Wildman–Crippen MR) is 64.6 cm³/mol. The maximum atomic E-state index is 5.29. The molecule has 0 bridgehead atoms. The highest BCUT2D eigenvalue weighted by atomic mass is 32.2. The van der Waals surface area contributed by atoms with Gasteiger partial charge in [0, 0.05) is 17.9 Å². The summed E-state index contributed by atoms with van der Waals surface area (Å²) in [7, 11) is 1.70. The van der Waals surface area contributed by atoms with Crippen LogP contribution in [0.25, 0.3) is 0 Å². The molecule has 0 saturated carbocycles. The molecule has 2 rings (SSSR count). The number of benzene rings is 1. The van der Waals surface area contributed by atoms with Crippen molar-refractivity contribution in [1.82, 2.24) is 5.32 Å². The van der Waals surface area contributed by atoms with E-state index in [1.54, 1.807) is 18.9 Å². The van der Waals surface area contributed by atoms with Gasteiger partial charge in [-0.3, -0.25) is 4.99 Å². The van der Waals surface area contributed by atoms with Crippen LogP contribution >= 0.6 is 11.8 Å². The first-order chi connectivity index (χ1) is 7.40. The lowest BCUT2D eigenvalue weighted by molar-refractivity contribution is 0.411. The first kappa shape index (κ1) is 10.4. The van der Waals surface area contributed by atoms with Crippen LogP contribution in [0.15, 0.2) is 29.3 Å². The topological polar surface area (TPSA) is 33.6 Å². The van der Waals surface area contributed by atoms with Crippen molar-refractivity contribution >= 4 is 16.9 Å². The molecular formula is C11H14N2OS. The molecule has 1 aromatic carbocycles. The van der Waals surface area contributed by atoms with Crippen LogP contribution in [0.5, 0.6) is 5.75 Å². The van der Waals surface area contributed by atoms with E-state index in [0.29, 0.717) is 0 Å². The molecule has 1 aliphatic heterocycles. The van der Waals surface area contributed by atoms with Crippen molar-refractivity contribution in [2.75, 3.05) is 20.2 Å². The summed E-state index contributed by atoms with van der Waals surface area (Å²) >= 11 is 1.73. The van der Waals surface area contributed by atoms with Gasteiger partial charge in [-0.2, -0.15) is 0 Å². The number of nitrogens with one attached hydrogen (secondary N) is 1. The van der Waals surface area contributed by atoms with E-state index >= 15 is 0 Å². The van der Waals surface area contributed by atoms with Gasteiger partial charge in [0.05, 0.1) is 13.7 Å². The first-order valence-electron chi connectivity index (χ1n) is 4.93. The molecule has 80 valence electrons. The molecule has 15 heavy (non-hydrogen) atoms. The van der Waals surface area contributed by atoms with Gasteiger partial charge < -0.3 is 10.1 Å². The number of hydrogen-bond acceptors (Lipinski definition) is 4. The summed E-state index contributed by atoms with van der Waals surface area (Å²) in [5, 5.41) is 4.28. The molecule has 1 aromatic rings. The van der Waals surface area contributed by atoms with Gasteiger partial charge in [-0.1, -0.05) is 30.0 Å². The number of thioether (sulfide) groups is 1. The molecule has 0 radical (unpaired) electrons. The molecule has 1 N–H and O–H groups in total. The van der Waals surface area contributed by atoms with Gasteiger partial charge >= 0.3 is 0 Å². The average molecular weight is 222 g/mol. The second kappa shape index (κ2) is 5.07. The van der Waals surface area contributed by atoms with Crippen LogP contribution in [0.3, 0.4) is 0 Å². The predicted octanol–water partition coefficient (Wildman–Crippen LogP) is 1.89. The van der Waals surface area contributed by atoms with Gasteiger partial charge in [-0.15, -0.1) is 0 Å². The molecular weight excluding hydrogens is 208 g/mol. The number of aliphatic imine (C=N–C) groups is 1. The van der Waals surface area contributed by atoms with E-state index < -0.39 is 0 Å². The molecule has 0 amide bonds. The van der Waals surface area contributed by atoms with E-state index in [9.17, 15) is 0 Å². The van der Waals surface area contributed by atoms with Gasteiger partial charge in [0.25, 0.3) is 0 Å². The Morgan fingerprint density at radius 3 is 3.07 bits per heavy atom. The van der Waals surface area contributed by atoms with Crippen molar-refractivity contribution in [2.45, 2.75) is 5.75 Å². The van der Waals surface area contributed by atoms with Crippen LogP contribution in [0, 0.1) is 0 Å². The van der Waals surface area contributed by atoms with Crippen LogP contribution in [0.2, 0.25) is 0 Å². The maximum Gasteiger partial charge on any atom is 0.157 e. The van der Waals surface area contributed by atoms with Crippen molar-refractivity contribution in [1.29, 1.82) is 0 Å². The lowest BCUT2D eigenvalue weighted by Crippen LogP contribution is -2.15. The second-order valence-corrected chi connectivity index (χ2v) is 4.18. The minimum Gasteiger partial charge on any atom is -0.496 e. The van der Waals surface area contributed by atoms with E-state index in [1.165, 1.54) is 5.56 Å². The minimum absolute atomic E-state index is 0.897. The summed E-state index contributed by atoms with van der Waals surface area (Å²) in [5.41, 5.74) is 1.21. The highest BCUT2D eigenvalue weighted by molar-refractivity contribution is 8.13. The third-order valence-corrected chi connectivity index (χ3v) is 3.20. The Bertz CT molecular complexity index is 365. The van der Waals surface area contributed by atoms with Gasteiger partial charge in [0.1, 0.15) is 5.75 Å². The van der Waals surface area contributed by atoms with Crippen LogP contribution in [-0.4, -0.2) is 25.4 Å². The molecule has 0 unspecified atom stereocenters. The minimum atomic E-state index is 0.897. The summed E-state index contributed by atoms with van der Waals surface area (Å²) in [6, 6.07) is 8.09. The van der Waals surface area contributed by atoms with Gasteiger partial charge in [0.2, 0.25) is 0 Å². The average Bonchev–Trinajstić information content (AvgIpc) is 2.79. The molecule has 0 spiro atoms. The Morgan fingerprint density at radius 2 is 2.33 bits per heavy atom. The van der Waals surface area contributed by atoms with Crippen molar-refractivity contribution < 1.29 is 4.74 Å². The number of nitrogens with zero attached hydrogens (tertiary/aromatic N) is 1.